The van der Waals surface area contributed by atoms with Gasteiger partial charge in [0.2, 0.25) is 11.8 Å². The topological polar surface area (TPSA) is 64.7 Å². The maximum Gasteiger partial charge on any atom is 0.240 e. The van der Waals surface area contributed by atoms with E-state index in [-0.39, 0.29) is 17.9 Å². The van der Waals surface area contributed by atoms with Crippen molar-refractivity contribution < 1.29 is 9.59 Å². The minimum Gasteiger partial charge on any atom is -0.355 e. The highest BCUT2D eigenvalue weighted by atomic mass is 16.2. The molecule has 1 aliphatic heterocycles. The maximum atomic E-state index is 12.0. The quantitative estimate of drug-likeness (QED) is 0.629. The van der Waals surface area contributed by atoms with Gasteiger partial charge in [-0.25, -0.2) is 0 Å². The van der Waals surface area contributed by atoms with Gasteiger partial charge >= 0.3 is 0 Å². The zero-order chi connectivity index (χ0) is 12.8. The number of piperazine rings is 1. The van der Waals surface area contributed by atoms with E-state index >= 15 is 0 Å². The summed E-state index contributed by atoms with van der Waals surface area (Å²) in [5, 5.41) is 5.98. The molecular weight excluding hydrogens is 220 g/mol. The Hall–Kier alpha value is -1.14. The lowest BCUT2D eigenvalue weighted by molar-refractivity contribution is -0.135. The number of likely N-dealkylation sites (N-methyl/N-ethyl adjacent to an activating group) is 1. The molecule has 0 saturated carbocycles. The Morgan fingerprint density at radius 2 is 2.18 bits per heavy atom. The molecule has 0 spiro atoms. The Bertz CT molecular complexity index is 281. The van der Waals surface area contributed by atoms with Gasteiger partial charge in [-0.15, -0.1) is 0 Å². The Kier molecular flexibility index (Phi) is 5.37. The van der Waals surface area contributed by atoms with Crippen LogP contribution in [0.15, 0.2) is 0 Å². The fraction of sp³-hybridized carbons (Fsp3) is 0.818. The molecule has 0 aromatic heterocycles. The second kappa shape index (κ2) is 6.56. The second-order valence-corrected chi connectivity index (χ2v) is 4.47. The molecule has 1 fully saturated rings. The zero-order valence-electron chi connectivity index (χ0n) is 10.8. The molecule has 1 rings (SSSR count). The number of hydrogen-bond donors (Lipinski definition) is 2. The summed E-state index contributed by atoms with van der Waals surface area (Å²) in [7, 11) is 3.53. The van der Waals surface area contributed by atoms with E-state index in [2.05, 4.69) is 15.5 Å². The van der Waals surface area contributed by atoms with Gasteiger partial charge in [0.25, 0.3) is 0 Å². The molecule has 1 saturated heterocycles. The highest BCUT2D eigenvalue weighted by molar-refractivity contribution is 5.81. The highest BCUT2D eigenvalue weighted by Crippen LogP contribution is 2.05. The summed E-state index contributed by atoms with van der Waals surface area (Å²) in [6.07, 6.45) is 0. The van der Waals surface area contributed by atoms with Gasteiger partial charge in [0, 0.05) is 53.7 Å². The molecule has 6 nitrogen and oxygen atoms in total. The van der Waals surface area contributed by atoms with Gasteiger partial charge in [0.1, 0.15) is 6.04 Å². The van der Waals surface area contributed by atoms with E-state index < -0.39 is 0 Å². The number of amides is 2. The van der Waals surface area contributed by atoms with Crippen LogP contribution < -0.4 is 10.6 Å². The Morgan fingerprint density at radius 3 is 2.76 bits per heavy atom. The van der Waals surface area contributed by atoms with E-state index in [9.17, 15) is 9.59 Å². The van der Waals surface area contributed by atoms with Crippen LogP contribution in [0, 0.1) is 0 Å². The zero-order valence-corrected chi connectivity index (χ0v) is 10.8. The van der Waals surface area contributed by atoms with Crippen molar-refractivity contribution in [3.63, 3.8) is 0 Å². The molecule has 0 bridgehead atoms. The first kappa shape index (κ1) is 13.9. The summed E-state index contributed by atoms with van der Waals surface area (Å²) in [5.74, 6) is 0.0793. The van der Waals surface area contributed by atoms with Crippen molar-refractivity contribution in [2.45, 2.75) is 13.0 Å². The summed E-state index contributed by atoms with van der Waals surface area (Å²) >= 11 is 0. The first-order chi connectivity index (χ1) is 8.02. The Morgan fingerprint density at radius 1 is 1.47 bits per heavy atom. The van der Waals surface area contributed by atoms with Gasteiger partial charge in [-0.3, -0.25) is 14.5 Å². The van der Waals surface area contributed by atoms with Crippen molar-refractivity contribution in [3.8, 4) is 0 Å². The first-order valence-electron chi connectivity index (χ1n) is 5.92. The molecule has 1 heterocycles. The monoisotopic (exact) mass is 242 g/mol. The van der Waals surface area contributed by atoms with Crippen molar-refractivity contribution in [2.24, 2.45) is 0 Å². The van der Waals surface area contributed by atoms with Crippen molar-refractivity contribution in [1.82, 2.24) is 20.4 Å². The van der Waals surface area contributed by atoms with Crippen LogP contribution >= 0.6 is 0 Å². The third kappa shape index (κ3) is 4.32. The van der Waals surface area contributed by atoms with E-state index in [0.29, 0.717) is 19.6 Å². The van der Waals surface area contributed by atoms with Crippen LogP contribution in [-0.4, -0.2) is 74.5 Å². The summed E-state index contributed by atoms with van der Waals surface area (Å²) < 4.78 is 0. The summed E-state index contributed by atoms with van der Waals surface area (Å²) in [6, 6.07) is -0.118. The molecular formula is C11H22N4O2. The average Bonchev–Trinajstić information content (AvgIpc) is 2.28. The molecule has 1 aliphatic rings. The molecule has 0 aromatic carbocycles. The van der Waals surface area contributed by atoms with Crippen LogP contribution in [0.2, 0.25) is 0 Å². The molecule has 1 atom stereocenters. The van der Waals surface area contributed by atoms with Gasteiger partial charge in [0.05, 0.1) is 0 Å². The van der Waals surface area contributed by atoms with Gasteiger partial charge in [-0.05, 0) is 0 Å². The predicted molar refractivity (Wildman–Crippen MR) is 65.6 cm³/mol. The van der Waals surface area contributed by atoms with Gasteiger partial charge in [0.15, 0.2) is 0 Å². The third-order valence-corrected chi connectivity index (χ3v) is 2.85. The number of carbonyl (C=O) groups excluding carboxylic acids is 2. The van der Waals surface area contributed by atoms with Crippen molar-refractivity contribution in [1.29, 1.82) is 0 Å². The second-order valence-electron chi connectivity index (χ2n) is 4.47. The van der Waals surface area contributed by atoms with Gasteiger partial charge in [-0.1, -0.05) is 0 Å². The maximum absolute atomic E-state index is 12.0. The fourth-order valence-corrected chi connectivity index (χ4v) is 1.93. The lowest BCUT2D eigenvalue weighted by atomic mass is 10.1. The lowest BCUT2D eigenvalue weighted by Crippen LogP contribution is -2.58. The van der Waals surface area contributed by atoms with Crippen LogP contribution in [0.1, 0.15) is 6.92 Å². The molecule has 1 unspecified atom stereocenters. The number of nitrogens with zero attached hydrogens (tertiary/aromatic N) is 2. The summed E-state index contributed by atoms with van der Waals surface area (Å²) in [6.45, 7) is 5.20. The fourth-order valence-electron chi connectivity index (χ4n) is 1.93. The van der Waals surface area contributed by atoms with Crippen molar-refractivity contribution in [3.05, 3.63) is 0 Å². The number of nitrogens with one attached hydrogen (secondary N) is 2. The van der Waals surface area contributed by atoms with E-state index in [4.69, 9.17) is 0 Å². The van der Waals surface area contributed by atoms with E-state index in [1.807, 2.05) is 0 Å². The van der Waals surface area contributed by atoms with E-state index in [1.165, 1.54) is 6.92 Å². The predicted octanol–water partition coefficient (Wildman–Crippen LogP) is -1.52. The Balaban J connectivity index is 2.48. The first-order valence-corrected chi connectivity index (χ1v) is 5.92. The lowest BCUT2D eigenvalue weighted by Gasteiger charge is -2.36. The number of rotatable bonds is 4. The van der Waals surface area contributed by atoms with Gasteiger partial charge in [-0.2, -0.15) is 0 Å². The molecule has 0 radical (unpaired) electrons. The van der Waals surface area contributed by atoms with E-state index in [0.717, 1.165) is 13.1 Å². The van der Waals surface area contributed by atoms with E-state index in [1.54, 1.807) is 19.0 Å². The normalized spacial score (nSPS) is 21.0. The van der Waals surface area contributed by atoms with Crippen LogP contribution in [0.25, 0.3) is 0 Å². The SMILES string of the molecule is CC(=O)NCCN1CCNCC1C(=O)N(C)C. The molecule has 6 heteroatoms. The molecule has 17 heavy (non-hydrogen) atoms. The standard InChI is InChI=1S/C11H22N4O2/c1-9(16)13-5-7-15-6-4-12-8-10(15)11(17)14(2)3/h10,12H,4-8H2,1-3H3,(H,13,16). The largest absolute Gasteiger partial charge is 0.355 e. The van der Waals surface area contributed by atoms with Crippen LogP contribution in [0.3, 0.4) is 0 Å². The minimum atomic E-state index is -0.118. The molecule has 2 N–H and O–H groups in total. The smallest absolute Gasteiger partial charge is 0.240 e. The third-order valence-electron chi connectivity index (χ3n) is 2.85. The number of hydrogen-bond acceptors (Lipinski definition) is 4. The van der Waals surface area contributed by atoms with Crippen LogP contribution in [0.5, 0.6) is 0 Å². The average molecular weight is 242 g/mol. The summed E-state index contributed by atoms with van der Waals surface area (Å²) in [5.41, 5.74) is 0. The molecule has 98 valence electrons. The molecule has 2 amide bonds. The van der Waals surface area contributed by atoms with Crippen molar-refractivity contribution in [2.75, 3.05) is 46.8 Å². The van der Waals surface area contributed by atoms with Crippen molar-refractivity contribution >= 4 is 11.8 Å². The minimum absolute atomic E-state index is 0.0318. The summed E-state index contributed by atoms with van der Waals surface area (Å²) in [4.78, 5) is 26.5. The Labute approximate surface area is 102 Å². The number of carbonyl (C=O) groups is 2. The van der Waals surface area contributed by atoms with Gasteiger partial charge < -0.3 is 15.5 Å². The van der Waals surface area contributed by atoms with Crippen LogP contribution in [0.4, 0.5) is 0 Å². The molecule has 0 aliphatic carbocycles. The van der Waals surface area contributed by atoms with Crippen LogP contribution in [-0.2, 0) is 9.59 Å². The highest BCUT2D eigenvalue weighted by Gasteiger charge is 2.29. The molecule has 0 aromatic rings.